The van der Waals surface area contributed by atoms with Gasteiger partial charge in [0.1, 0.15) is 12.7 Å². The molecule has 2 heterocycles. The molecule has 5 nitrogen and oxygen atoms in total. The number of hydrogen-bond donors (Lipinski definition) is 0. The Morgan fingerprint density at radius 1 is 1.17 bits per heavy atom. The Morgan fingerprint density at radius 2 is 1.78 bits per heavy atom. The molecule has 0 amide bonds. The molecule has 0 radical (unpaired) electrons. The van der Waals surface area contributed by atoms with Gasteiger partial charge in [0.25, 0.3) is 0 Å². The summed E-state index contributed by atoms with van der Waals surface area (Å²) in [5.74, 6) is -1.60. The van der Waals surface area contributed by atoms with Crippen LogP contribution in [0.25, 0.3) is 0 Å². The Morgan fingerprint density at radius 3 is 2.30 bits per heavy atom. The molecule has 0 N–H and O–H groups in total. The van der Waals surface area contributed by atoms with Crippen molar-refractivity contribution in [2.45, 2.75) is 81.4 Å². The van der Waals surface area contributed by atoms with Gasteiger partial charge < -0.3 is 23.4 Å². The highest BCUT2D eigenvalue weighted by Crippen LogP contribution is 2.44. The summed E-state index contributed by atoms with van der Waals surface area (Å²) in [6.07, 6.45) is -0.490. The van der Waals surface area contributed by atoms with Crippen molar-refractivity contribution in [3.8, 4) is 0 Å². The second kappa shape index (κ2) is 6.34. The summed E-state index contributed by atoms with van der Waals surface area (Å²) < 4.78 is 30.4. The normalized spacial score (nSPS) is 38.2. The highest BCUT2D eigenvalue weighted by atomic mass is 79.9. The third kappa shape index (κ3) is 3.86. The molecule has 0 aromatic heterocycles. The Balaban J connectivity index is 2.32. The third-order valence-corrected chi connectivity index (χ3v) is 10.4. The largest absolute Gasteiger partial charge is 0.410 e. The van der Waals surface area contributed by atoms with Gasteiger partial charge in [0.15, 0.2) is 14.1 Å². The molecule has 2 rings (SSSR count). The first-order valence-electron chi connectivity index (χ1n) is 8.16. The number of alkyl halides is 1. The van der Waals surface area contributed by atoms with E-state index in [2.05, 4.69) is 49.8 Å². The molecule has 0 aromatic carbocycles. The van der Waals surface area contributed by atoms with Crippen LogP contribution in [0.15, 0.2) is 0 Å². The maximum atomic E-state index is 6.70. The molecular weight excluding hydrogens is 380 g/mol. The first-order valence-corrected chi connectivity index (χ1v) is 12.0. The number of fused-ring (bicyclic) bond motifs is 1. The molecule has 23 heavy (non-hydrogen) atoms. The van der Waals surface area contributed by atoms with Crippen LogP contribution in [0.4, 0.5) is 0 Å². The topological polar surface area (TPSA) is 46.2 Å². The van der Waals surface area contributed by atoms with E-state index in [1.807, 2.05) is 13.8 Å². The quantitative estimate of drug-likeness (QED) is 0.524. The lowest BCUT2D eigenvalue weighted by molar-refractivity contribution is -0.422. The van der Waals surface area contributed by atoms with Crippen LogP contribution in [-0.4, -0.2) is 57.3 Å². The lowest BCUT2D eigenvalue weighted by atomic mass is 9.97. The van der Waals surface area contributed by atoms with E-state index < -0.39 is 19.9 Å². The highest BCUT2D eigenvalue weighted by Gasteiger charge is 2.59. The van der Waals surface area contributed by atoms with Gasteiger partial charge in [-0.25, -0.2) is 0 Å². The van der Waals surface area contributed by atoms with Crippen molar-refractivity contribution < 1.29 is 23.4 Å². The number of ether oxygens (including phenoxy) is 4. The van der Waals surface area contributed by atoms with Gasteiger partial charge in [0.2, 0.25) is 5.79 Å². The van der Waals surface area contributed by atoms with E-state index in [9.17, 15) is 0 Å². The van der Waals surface area contributed by atoms with E-state index in [1.165, 1.54) is 0 Å². The molecule has 2 aliphatic rings. The zero-order valence-corrected chi connectivity index (χ0v) is 18.2. The van der Waals surface area contributed by atoms with E-state index in [-0.39, 0.29) is 22.1 Å². The van der Waals surface area contributed by atoms with Crippen LogP contribution in [0.3, 0.4) is 0 Å². The van der Waals surface area contributed by atoms with Crippen molar-refractivity contribution in [2.75, 3.05) is 20.3 Å². The molecular formula is C16H31BrO5Si. The summed E-state index contributed by atoms with van der Waals surface area (Å²) in [4.78, 5) is 0.0544. The first-order chi connectivity index (χ1) is 10.3. The zero-order chi connectivity index (χ0) is 17.7. The molecule has 136 valence electrons. The number of hydrogen-bond acceptors (Lipinski definition) is 5. The van der Waals surface area contributed by atoms with Gasteiger partial charge in [0.05, 0.1) is 17.5 Å². The molecule has 0 aromatic rings. The summed E-state index contributed by atoms with van der Waals surface area (Å²) in [7, 11) is -0.329. The summed E-state index contributed by atoms with van der Waals surface area (Å²) in [5.41, 5.74) is 0. The first kappa shape index (κ1) is 19.8. The van der Waals surface area contributed by atoms with Crippen LogP contribution in [0.2, 0.25) is 18.1 Å². The van der Waals surface area contributed by atoms with Crippen molar-refractivity contribution in [1.29, 1.82) is 0 Å². The molecule has 0 bridgehead atoms. The zero-order valence-electron chi connectivity index (χ0n) is 15.6. The lowest BCUT2D eigenvalue weighted by Crippen LogP contribution is -2.70. The predicted molar refractivity (Wildman–Crippen MR) is 95.4 cm³/mol. The molecule has 2 fully saturated rings. The maximum absolute atomic E-state index is 6.70. The number of rotatable bonds is 3. The average Bonchev–Trinajstić information content (AvgIpc) is 2.41. The van der Waals surface area contributed by atoms with Crippen LogP contribution >= 0.6 is 15.9 Å². The van der Waals surface area contributed by atoms with Gasteiger partial charge in [-0.1, -0.05) is 36.7 Å². The number of halogens is 1. The summed E-state index contributed by atoms with van der Waals surface area (Å²) >= 11 is 3.72. The van der Waals surface area contributed by atoms with Gasteiger partial charge in [-0.05, 0) is 32.0 Å². The van der Waals surface area contributed by atoms with Gasteiger partial charge in [-0.3, -0.25) is 0 Å². The third-order valence-electron chi connectivity index (χ3n) is 5.19. The van der Waals surface area contributed by atoms with Gasteiger partial charge in [0, 0.05) is 7.11 Å². The highest BCUT2D eigenvalue weighted by molar-refractivity contribution is 9.09. The van der Waals surface area contributed by atoms with E-state index in [4.69, 9.17) is 23.4 Å². The Bertz CT molecular complexity index is 437. The van der Waals surface area contributed by atoms with Crippen molar-refractivity contribution in [1.82, 2.24) is 0 Å². The average molecular weight is 411 g/mol. The molecule has 2 saturated heterocycles. The van der Waals surface area contributed by atoms with Crippen LogP contribution in [0.5, 0.6) is 0 Å². The monoisotopic (exact) mass is 410 g/mol. The molecule has 7 heteroatoms. The summed E-state index contributed by atoms with van der Waals surface area (Å²) in [6.45, 7) is 15.9. The Kier molecular flexibility index (Phi) is 5.46. The maximum Gasteiger partial charge on any atom is 0.221 e. The lowest BCUT2D eigenvalue weighted by Gasteiger charge is -2.55. The van der Waals surface area contributed by atoms with E-state index in [0.717, 1.165) is 0 Å². The van der Waals surface area contributed by atoms with E-state index >= 15 is 0 Å². The van der Waals surface area contributed by atoms with Crippen LogP contribution in [0, 0.1) is 0 Å². The van der Waals surface area contributed by atoms with E-state index in [0.29, 0.717) is 13.2 Å². The second-order valence-corrected chi connectivity index (χ2v) is 14.3. The summed E-state index contributed by atoms with van der Waals surface area (Å²) in [6, 6.07) is 0. The molecule has 0 aliphatic carbocycles. The minimum absolute atomic E-state index is 0.0544. The molecule has 0 unspecified atom stereocenters. The second-order valence-electron chi connectivity index (χ2n) is 8.41. The summed E-state index contributed by atoms with van der Waals surface area (Å²) in [5, 5.41) is 0.119. The standard InChI is InChI=1S/C16H31BrO5Si/c1-14(2,3)23(7,8)22-12-11(17)9-19-16(18-6)10-20-15(4,5)21-13(12)16/h11-13H,9-10H2,1-8H3/t11-,12+,13-,16+/m0/s1. The fraction of sp³-hybridized carbons (Fsp3) is 1.00. The molecule has 0 spiro atoms. The Labute approximate surface area is 149 Å². The SMILES string of the molecule is CO[C@@]12COC(C)(C)O[C@H]1[C@H](O[Si](C)(C)C(C)(C)C)[C@@H](Br)CO2. The molecule has 0 saturated carbocycles. The molecule has 4 atom stereocenters. The fourth-order valence-electron chi connectivity index (χ4n) is 2.62. The smallest absolute Gasteiger partial charge is 0.221 e. The van der Waals surface area contributed by atoms with Crippen LogP contribution in [0.1, 0.15) is 34.6 Å². The van der Waals surface area contributed by atoms with Gasteiger partial charge >= 0.3 is 0 Å². The fourth-order valence-corrected chi connectivity index (χ4v) is 4.66. The van der Waals surface area contributed by atoms with Crippen LogP contribution in [-0.2, 0) is 23.4 Å². The van der Waals surface area contributed by atoms with Crippen molar-refractivity contribution in [3.63, 3.8) is 0 Å². The minimum Gasteiger partial charge on any atom is -0.410 e. The Hall–Kier alpha value is 0.497. The van der Waals surface area contributed by atoms with Crippen molar-refractivity contribution in [3.05, 3.63) is 0 Å². The van der Waals surface area contributed by atoms with Gasteiger partial charge in [-0.2, -0.15) is 0 Å². The minimum atomic E-state index is -1.96. The van der Waals surface area contributed by atoms with Gasteiger partial charge in [-0.15, -0.1) is 0 Å². The van der Waals surface area contributed by atoms with Crippen LogP contribution < -0.4 is 0 Å². The van der Waals surface area contributed by atoms with Crippen molar-refractivity contribution in [2.24, 2.45) is 0 Å². The molecule has 2 aliphatic heterocycles. The predicted octanol–water partition coefficient (Wildman–Crippen LogP) is 3.66. The number of methoxy groups -OCH3 is 1. The van der Waals surface area contributed by atoms with E-state index in [1.54, 1.807) is 7.11 Å². The van der Waals surface area contributed by atoms with Crippen molar-refractivity contribution >= 4 is 24.2 Å².